The minimum Gasteiger partial charge on any atom is -0.328 e. The summed E-state index contributed by atoms with van der Waals surface area (Å²) in [6.07, 6.45) is 3.38. The van der Waals surface area contributed by atoms with Gasteiger partial charge in [0.1, 0.15) is 0 Å². The van der Waals surface area contributed by atoms with Crippen LogP contribution in [0.2, 0.25) is 0 Å². The molecule has 1 unspecified atom stereocenters. The minimum atomic E-state index is 0.329. The summed E-state index contributed by atoms with van der Waals surface area (Å²) in [6, 6.07) is 9.25. The molecule has 0 aromatic heterocycles. The van der Waals surface area contributed by atoms with Gasteiger partial charge < -0.3 is 11.1 Å². The maximum Gasteiger partial charge on any atom is 0.00720 e. The van der Waals surface area contributed by atoms with Crippen LogP contribution in [-0.2, 0) is 6.42 Å². The van der Waals surface area contributed by atoms with Crippen molar-refractivity contribution >= 4 is 11.8 Å². The van der Waals surface area contributed by atoms with Crippen LogP contribution in [-0.4, -0.2) is 24.9 Å². The lowest BCUT2D eigenvalue weighted by molar-refractivity contribution is 0.575. The molecule has 0 radical (unpaired) electrons. The smallest absolute Gasteiger partial charge is 0.00720 e. The average Bonchev–Trinajstić information content (AvgIpc) is 2.35. The van der Waals surface area contributed by atoms with Crippen molar-refractivity contribution < 1.29 is 0 Å². The molecule has 0 aliphatic heterocycles. The highest BCUT2D eigenvalue weighted by Gasteiger charge is 1.96. The maximum absolute atomic E-state index is 5.71. The Bertz CT molecular complexity index is 309. The molecule has 1 rings (SSSR count). The van der Waals surface area contributed by atoms with Crippen LogP contribution in [0.5, 0.6) is 0 Å². The first-order valence-electron chi connectivity index (χ1n) is 6.90. The van der Waals surface area contributed by atoms with E-state index < -0.39 is 0 Å². The Morgan fingerprint density at radius 3 is 2.56 bits per heavy atom. The molecule has 0 saturated heterocycles. The predicted molar refractivity (Wildman–Crippen MR) is 82.3 cm³/mol. The van der Waals surface area contributed by atoms with Crippen LogP contribution in [0, 0.1) is 0 Å². The third kappa shape index (κ3) is 7.04. The molecule has 0 heterocycles. The second kappa shape index (κ2) is 9.42. The van der Waals surface area contributed by atoms with Gasteiger partial charge in [-0.25, -0.2) is 0 Å². The normalized spacial score (nSPS) is 12.6. The topological polar surface area (TPSA) is 38.0 Å². The van der Waals surface area contributed by atoms with E-state index in [0.717, 1.165) is 31.7 Å². The number of hydrogen-bond donors (Lipinski definition) is 2. The van der Waals surface area contributed by atoms with E-state index in [-0.39, 0.29) is 0 Å². The largest absolute Gasteiger partial charge is 0.328 e. The van der Waals surface area contributed by atoms with E-state index in [4.69, 9.17) is 5.73 Å². The van der Waals surface area contributed by atoms with Crippen molar-refractivity contribution in [1.82, 2.24) is 5.32 Å². The van der Waals surface area contributed by atoms with Crippen molar-refractivity contribution in [2.24, 2.45) is 5.73 Å². The molecule has 0 aliphatic carbocycles. The highest BCUT2D eigenvalue weighted by atomic mass is 32.2. The fraction of sp³-hybridized carbons (Fsp3) is 0.600. The standard InChI is InChI=1S/C15H26N2S/c1-3-18-15-8-6-14(7-9-15)10-12-17-11-4-5-13(2)16/h6-9,13,17H,3-5,10-12,16H2,1-2H3. The van der Waals surface area contributed by atoms with Gasteiger partial charge in [-0.1, -0.05) is 19.1 Å². The van der Waals surface area contributed by atoms with Crippen molar-refractivity contribution in [1.29, 1.82) is 0 Å². The van der Waals surface area contributed by atoms with Crippen LogP contribution < -0.4 is 11.1 Å². The molecule has 0 amide bonds. The van der Waals surface area contributed by atoms with Crippen LogP contribution >= 0.6 is 11.8 Å². The van der Waals surface area contributed by atoms with Crippen LogP contribution in [0.1, 0.15) is 32.3 Å². The fourth-order valence-corrected chi connectivity index (χ4v) is 2.49. The van der Waals surface area contributed by atoms with E-state index in [0.29, 0.717) is 6.04 Å². The first-order valence-corrected chi connectivity index (χ1v) is 7.89. The lowest BCUT2D eigenvalue weighted by Gasteiger charge is -2.07. The van der Waals surface area contributed by atoms with E-state index in [1.54, 1.807) is 0 Å². The lowest BCUT2D eigenvalue weighted by atomic mass is 10.1. The predicted octanol–water partition coefficient (Wildman–Crippen LogP) is 3.06. The molecular weight excluding hydrogens is 240 g/mol. The van der Waals surface area contributed by atoms with Gasteiger partial charge in [-0.3, -0.25) is 0 Å². The highest BCUT2D eigenvalue weighted by molar-refractivity contribution is 7.99. The summed E-state index contributed by atoms with van der Waals surface area (Å²) in [5.41, 5.74) is 7.12. The second-order valence-electron chi connectivity index (χ2n) is 4.70. The number of nitrogens with two attached hydrogens (primary N) is 1. The first kappa shape index (κ1) is 15.5. The Labute approximate surface area is 116 Å². The van der Waals surface area contributed by atoms with Gasteiger partial charge in [-0.2, -0.15) is 0 Å². The van der Waals surface area contributed by atoms with Gasteiger partial charge in [-0.15, -0.1) is 11.8 Å². The van der Waals surface area contributed by atoms with Crippen molar-refractivity contribution in [3.63, 3.8) is 0 Å². The Hall–Kier alpha value is -0.510. The van der Waals surface area contributed by atoms with Gasteiger partial charge in [0.2, 0.25) is 0 Å². The summed E-state index contributed by atoms with van der Waals surface area (Å²) in [5.74, 6) is 1.14. The van der Waals surface area contributed by atoms with Gasteiger partial charge in [0.15, 0.2) is 0 Å². The molecule has 0 spiro atoms. The molecule has 3 N–H and O–H groups in total. The quantitative estimate of drug-likeness (QED) is 0.533. The zero-order valence-corrected chi connectivity index (χ0v) is 12.4. The van der Waals surface area contributed by atoms with Gasteiger partial charge in [0.05, 0.1) is 0 Å². The molecule has 0 aliphatic rings. The molecule has 2 nitrogen and oxygen atoms in total. The molecule has 102 valence electrons. The second-order valence-corrected chi connectivity index (χ2v) is 6.03. The molecule has 1 aromatic carbocycles. The van der Waals surface area contributed by atoms with Crippen molar-refractivity contribution in [2.45, 2.75) is 44.0 Å². The van der Waals surface area contributed by atoms with Crippen molar-refractivity contribution in [2.75, 3.05) is 18.8 Å². The SMILES string of the molecule is CCSc1ccc(CCNCCCC(C)N)cc1. The highest BCUT2D eigenvalue weighted by Crippen LogP contribution is 2.17. The molecule has 18 heavy (non-hydrogen) atoms. The van der Waals surface area contributed by atoms with Crippen LogP contribution in [0.25, 0.3) is 0 Å². The Balaban J connectivity index is 2.11. The monoisotopic (exact) mass is 266 g/mol. The Morgan fingerprint density at radius 2 is 1.94 bits per heavy atom. The van der Waals surface area contributed by atoms with E-state index in [2.05, 4.69) is 43.4 Å². The number of rotatable bonds is 9. The first-order chi connectivity index (χ1) is 8.72. The Morgan fingerprint density at radius 1 is 1.22 bits per heavy atom. The third-order valence-electron chi connectivity index (χ3n) is 2.84. The van der Waals surface area contributed by atoms with Crippen LogP contribution in [0.4, 0.5) is 0 Å². The molecule has 3 heteroatoms. The van der Waals surface area contributed by atoms with Crippen LogP contribution in [0.15, 0.2) is 29.2 Å². The summed E-state index contributed by atoms with van der Waals surface area (Å²) < 4.78 is 0. The number of thioether (sulfide) groups is 1. The number of hydrogen-bond acceptors (Lipinski definition) is 3. The lowest BCUT2D eigenvalue weighted by Crippen LogP contribution is -2.21. The third-order valence-corrected chi connectivity index (χ3v) is 3.73. The zero-order chi connectivity index (χ0) is 13.2. The summed E-state index contributed by atoms with van der Waals surface area (Å²) in [4.78, 5) is 1.37. The van der Waals surface area contributed by atoms with Gasteiger partial charge in [0, 0.05) is 10.9 Å². The summed E-state index contributed by atoms with van der Waals surface area (Å²) >= 11 is 1.89. The van der Waals surface area contributed by atoms with Crippen LogP contribution in [0.3, 0.4) is 0 Å². The summed E-state index contributed by atoms with van der Waals surface area (Å²) in [6.45, 7) is 6.38. The van der Waals surface area contributed by atoms with E-state index in [1.807, 2.05) is 11.8 Å². The summed E-state index contributed by atoms with van der Waals surface area (Å²) in [5, 5.41) is 3.47. The van der Waals surface area contributed by atoms with Crippen molar-refractivity contribution in [3.8, 4) is 0 Å². The number of benzene rings is 1. The Kier molecular flexibility index (Phi) is 8.14. The maximum atomic E-state index is 5.71. The van der Waals surface area contributed by atoms with Gasteiger partial charge >= 0.3 is 0 Å². The average molecular weight is 266 g/mol. The van der Waals surface area contributed by atoms with E-state index in [9.17, 15) is 0 Å². The molecule has 0 saturated carbocycles. The summed E-state index contributed by atoms with van der Waals surface area (Å²) in [7, 11) is 0. The fourth-order valence-electron chi connectivity index (χ4n) is 1.83. The van der Waals surface area contributed by atoms with E-state index in [1.165, 1.54) is 16.9 Å². The zero-order valence-electron chi connectivity index (χ0n) is 11.6. The molecule has 0 fully saturated rings. The van der Waals surface area contributed by atoms with Crippen molar-refractivity contribution in [3.05, 3.63) is 29.8 Å². The molecule has 1 atom stereocenters. The number of nitrogens with one attached hydrogen (secondary N) is 1. The minimum absolute atomic E-state index is 0.329. The van der Waals surface area contributed by atoms with E-state index >= 15 is 0 Å². The molecule has 1 aromatic rings. The molecular formula is C15H26N2S. The van der Waals surface area contributed by atoms with Gasteiger partial charge in [0.25, 0.3) is 0 Å². The van der Waals surface area contributed by atoms with Gasteiger partial charge in [-0.05, 0) is 62.7 Å². The molecule has 0 bridgehead atoms.